The predicted octanol–water partition coefficient (Wildman–Crippen LogP) is 6.19. The van der Waals surface area contributed by atoms with Crippen LogP contribution in [0.15, 0.2) is 73.1 Å². The lowest BCUT2D eigenvalue weighted by Crippen LogP contribution is -2.48. The fourth-order valence-electron chi connectivity index (χ4n) is 3.92. The van der Waals surface area contributed by atoms with Gasteiger partial charge in [0.25, 0.3) is 0 Å². The Morgan fingerprint density at radius 2 is 1.82 bits per heavy atom. The Morgan fingerprint density at radius 3 is 2.48 bits per heavy atom. The number of carbonyl (C=O) groups is 1. The van der Waals surface area contributed by atoms with Crippen molar-refractivity contribution in [1.29, 1.82) is 0 Å². The highest BCUT2D eigenvalue weighted by atomic mass is 16.5. The molecule has 4 rings (SSSR count). The number of nitrogens with one attached hydrogen (secondary N) is 1. The number of carboxylic acid groups (broad SMARTS) is 1. The molecule has 33 heavy (non-hydrogen) atoms. The summed E-state index contributed by atoms with van der Waals surface area (Å²) in [5.74, 6) is 1.94. The van der Waals surface area contributed by atoms with E-state index < -0.39 is 6.09 Å². The lowest BCUT2D eigenvalue weighted by Gasteiger charge is -2.40. The van der Waals surface area contributed by atoms with Crippen LogP contribution in [-0.2, 0) is 0 Å². The molecule has 3 heterocycles. The molecule has 0 bridgehead atoms. The molecule has 1 aliphatic rings. The molecule has 0 aliphatic carbocycles. The Hall–Kier alpha value is -3.87. The second-order valence-corrected chi connectivity index (χ2v) is 9.05. The highest BCUT2D eigenvalue weighted by molar-refractivity contribution is 5.74. The Kier molecular flexibility index (Phi) is 6.31. The zero-order valence-corrected chi connectivity index (χ0v) is 19.0. The van der Waals surface area contributed by atoms with Crippen molar-refractivity contribution in [2.24, 2.45) is 5.41 Å². The number of amides is 1. The molecule has 1 aromatic carbocycles. The smallest absolute Gasteiger partial charge is 0.407 e. The number of hydrogen-bond donors (Lipinski definition) is 2. The maximum Gasteiger partial charge on any atom is 0.407 e. The first kappa shape index (κ1) is 22.3. The van der Waals surface area contributed by atoms with E-state index in [4.69, 9.17) is 4.74 Å². The first-order chi connectivity index (χ1) is 15.8. The fourth-order valence-corrected chi connectivity index (χ4v) is 3.92. The summed E-state index contributed by atoms with van der Waals surface area (Å²) in [5, 5.41) is 12.9. The number of anilines is 2. The van der Waals surface area contributed by atoms with Crippen LogP contribution in [0.1, 0.15) is 32.8 Å². The molecule has 3 aromatic rings. The Labute approximate surface area is 193 Å². The van der Waals surface area contributed by atoms with Crippen molar-refractivity contribution >= 4 is 23.2 Å². The summed E-state index contributed by atoms with van der Waals surface area (Å²) in [4.78, 5) is 22.0. The molecule has 0 saturated heterocycles. The number of nitrogens with zero attached hydrogens (tertiary/aromatic N) is 3. The van der Waals surface area contributed by atoms with Gasteiger partial charge >= 0.3 is 6.09 Å². The Balaban J connectivity index is 1.56. The Bertz CT molecular complexity index is 1140. The van der Waals surface area contributed by atoms with Gasteiger partial charge in [0.05, 0.1) is 6.04 Å². The van der Waals surface area contributed by atoms with E-state index >= 15 is 0 Å². The van der Waals surface area contributed by atoms with Crippen molar-refractivity contribution in [2.75, 3.05) is 11.9 Å². The van der Waals surface area contributed by atoms with E-state index in [-0.39, 0.29) is 11.5 Å². The lowest BCUT2D eigenvalue weighted by molar-refractivity contribution is 0.1000. The van der Waals surface area contributed by atoms with Crippen LogP contribution in [0.4, 0.5) is 16.3 Å². The van der Waals surface area contributed by atoms with Gasteiger partial charge in [-0.2, -0.15) is 0 Å². The van der Waals surface area contributed by atoms with Crippen LogP contribution in [0.25, 0.3) is 5.57 Å². The zero-order valence-electron chi connectivity index (χ0n) is 19.0. The number of aromatic nitrogens is 2. The van der Waals surface area contributed by atoms with E-state index in [9.17, 15) is 9.90 Å². The van der Waals surface area contributed by atoms with E-state index in [1.165, 1.54) is 4.90 Å². The van der Waals surface area contributed by atoms with Gasteiger partial charge in [0, 0.05) is 30.2 Å². The van der Waals surface area contributed by atoms with Crippen molar-refractivity contribution in [2.45, 2.75) is 33.2 Å². The maximum atomic E-state index is 11.8. The van der Waals surface area contributed by atoms with Crippen molar-refractivity contribution in [3.63, 3.8) is 0 Å². The molecule has 0 fully saturated rings. The second kappa shape index (κ2) is 9.32. The zero-order chi connectivity index (χ0) is 23.4. The monoisotopic (exact) mass is 444 g/mol. The van der Waals surface area contributed by atoms with E-state index in [1.54, 1.807) is 12.4 Å². The highest BCUT2D eigenvalue weighted by Crippen LogP contribution is 2.37. The summed E-state index contributed by atoms with van der Waals surface area (Å²) in [6.45, 7) is 6.59. The third-order valence-corrected chi connectivity index (χ3v) is 5.57. The standard InChI is InChI=1S/C26H28N4O3/c1-26(2,3)22-17-18(13-16-30(22)25(31)32)21-7-6-15-28-24(21)33-20-11-9-19(10-12-20)29-23-8-4-5-14-27-23/h4-12,14-15,17,22H,13,16H2,1-3H3,(H,27,29)(H,31,32). The summed E-state index contributed by atoms with van der Waals surface area (Å²) < 4.78 is 6.14. The first-order valence-electron chi connectivity index (χ1n) is 10.9. The predicted molar refractivity (Wildman–Crippen MR) is 129 cm³/mol. The molecular weight excluding hydrogens is 416 g/mol. The van der Waals surface area contributed by atoms with E-state index in [0.29, 0.717) is 24.6 Å². The molecular formula is C26H28N4O3. The summed E-state index contributed by atoms with van der Waals surface area (Å²) in [7, 11) is 0. The van der Waals surface area contributed by atoms with Crippen molar-refractivity contribution in [3.05, 3.63) is 78.6 Å². The molecule has 0 radical (unpaired) electrons. The number of hydrogen-bond acceptors (Lipinski definition) is 5. The van der Waals surface area contributed by atoms with E-state index in [0.717, 1.165) is 22.6 Å². The van der Waals surface area contributed by atoms with Gasteiger partial charge in [0.2, 0.25) is 5.88 Å². The van der Waals surface area contributed by atoms with Crippen molar-refractivity contribution < 1.29 is 14.6 Å². The van der Waals surface area contributed by atoms with Crippen LogP contribution >= 0.6 is 0 Å². The van der Waals surface area contributed by atoms with Gasteiger partial charge in [-0.05, 0) is 65.9 Å². The molecule has 1 aliphatic heterocycles. The third-order valence-electron chi connectivity index (χ3n) is 5.57. The van der Waals surface area contributed by atoms with Gasteiger partial charge in [0.1, 0.15) is 11.6 Å². The largest absolute Gasteiger partial charge is 0.465 e. The van der Waals surface area contributed by atoms with Crippen LogP contribution in [0.3, 0.4) is 0 Å². The molecule has 0 spiro atoms. The fraction of sp³-hybridized carbons (Fsp3) is 0.269. The minimum absolute atomic E-state index is 0.232. The molecule has 1 unspecified atom stereocenters. The van der Waals surface area contributed by atoms with Gasteiger partial charge < -0.3 is 20.1 Å². The highest BCUT2D eigenvalue weighted by Gasteiger charge is 2.35. The second-order valence-electron chi connectivity index (χ2n) is 9.05. The third kappa shape index (κ3) is 5.31. The summed E-state index contributed by atoms with van der Waals surface area (Å²) in [6, 6.07) is 16.9. The molecule has 7 nitrogen and oxygen atoms in total. The van der Waals surface area contributed by atoms with E-state index in [2.05, 4.69) is 15.3 Å². The quantitative estimate of drug-likeness (QED) is 0.488. The van der Waals surface area contributed by atoms with Crippen LogP contribution in [-0.4, -0.2) is 38.7 Å². The summed E-state index contributed by atoms with van der Waals surface area (Å²) >= 11 is 0. The van der Waals surface area contributed by atoms with Crippen LogP contribution < -0.4 is 10.1 Å². The minimum atomic E-state index is -0.896. The van der Waals surface area contributed by atoms with Gasteiger partial charge in [-0.1, -0.05) is 32.9 Å². The van der Waals surface area contributed by atoms with Gasteiger partial charge in [-0.15, -0.1) is 0 Å². The first-order valence-corrected chi connectivity index (χ1v) is 10.9. The minimum Gasteiger partial charge on any atom is -0.465 e. The molecule has 7 heteroatoms. The SMILES string of the molecule is CC(C)(C)C1C=C(c2cccnc2Oc2ccc(Nc3ccccn3)cc2)CCN1C(=O)O. The summed E-state index contributed by atoms with van der Waals surface area (Å²) in [5.41, 5.74) is 2.60. The summed E-state index contributed by atoms with van der Waals surface area (Å²) in [6.07, 6.45) is 5.19. The van der Waals surface area contributed by atoms with Crippen molar-refractivity contribution in [3.8, 4) is 11.6 Å². The lowest BCUT2D eigenvalue weighted by atomic mass is 9.81. The van der Waals surface area contributed by atoms with Crippen LogP contribution in [0.5, 0.6) is 11.6 Å². The number of pyridine rings is 2. The van der Waals surface area contributed by atoms with Gasteiger partial charge in [0.15, 0.2) is 0 Å². The molecule has 1 atom stereocenters. The van der Waals surface area contributed by atoms with Crippen LogP contribution in [0.2, 0.25) is 0 Å². The molecule has 170 valence electrons. The topological polar surface area (TPSA) is 87.6 Å². The molecule has 0 saturated carbocycles. The maximum absolute atomic E-state index is 11.8. The normalized spacial score (nSPS) is 16.2. The van der Waals surface area contributed by atoms with Gasteiger partial charge in [-0.25, -0.2) is 14.8 Å². The molecule has 1 amide bonds. The van der Waals surface area contributed by atoms with Gasteiger partial charge in [-0.3, -0.25) is 0 Å². The van der Waals surface area contributed by atoms with Crippen LogP contribution in [0, 0.1) is 5.41 Å². The van der Waals surface area contributed by atoms with Crippen molar-refractivity contribution in [1.82, 2.24) is 14.9 Å². The van der Waals surface area contributed by atoms with E-state index in [1.807, 2.05) is 81.4 Å². The average Bonchev–Trinajstić information content (AvgIpc) is 2.80. The molecule has 2 N–H and O–H groups in total. The number of rotatable bonds is 5. The number of benzene rings is 1. The average molecular weight is 445 g/mol. The number of ether oxygens (including phenoxy) is 1. The Morgan fingerprint density at radius 1 is 1.06 bits per heavy atom. The molecule has 2 aromatic heterocycles.